The van der Waals surface area contributed by atoms with E-state index < -0.39 is 0 Å². The van der Waals surface area contributed by atoms with Crippen LogP contribution in [0.3, 0.4) is 0 Å². The van der Waals surface area contributed by atoms with Crippen LogP contribution in [0.2, 0.25) is 0 Å². The molecule has 0 saturated carbocycles. The first kappa shape index (κ1) is 11.1. The summed E-state index contributed by atoms with van der Waals surface area (Å²) in [6, 6.07) is 0.598. The van der Waals surface area contributed by atoms with Gasteiger partial charge in [-0.15, -0.1) is 0 Å². The highest BCUT2D eigenvalue weighted by Crippen LogP contribution is 2.33. The Morgan fingerprint density at radius 2 is 2.06 bits per heavy atom. The Kier molecular flexibility index (Phi) is 3.05. The topological polar surface area (TPSA) is 52.7 Å². The van der Waals surface area contributed by atoms with Gasteiger partial charge in [-0.3, -0.25) is 5.10 Å². The van der Waals surface area contributed by atoms with Gasteiger partial charge in [0.2, 0.25) is 0 Å². The molecule has 1 unspecified atom stereocenters. The zero-order valence-electron chi connectivity index (χ0n) is 10.6. The van der Waals surface area contributed by atoms with Crippen molar-refractivity contribution in [3.05, 3.63) is 11.3 Å². The fraction of sp³-hybridized carbons (Fsp3) is 0.769. The van der Waals surface area contributed by atoms with Crippen LogP contribution in [0, 0.1) is 0 Å². The molecule has 2 aliphatic rings. The second-order valence-electron chi connectivity index (χ2n) is 5.43. The van der Waals surface area contributed by atoms with Crippen LogP contribution >= 0.6 is 0 Å². The van der Waals surface area contributed by atoms with Crippen molar-refractivity contribution >= 4 is 5.82 Å². The number of hydrogen-bond donors (Lipinski definition) is 3. The monoisotopic (exact) mass is 234 g/mol. The van der Waals surface area contributed by atoms with Crippen molar-refractivity contribution in [1.82, 2.24) is 15.5 Å². The predicted molar refractivity (Wildman–Crippen MR) is 69.5 cm³/mol. The van der Waals surface area contributed by atoms with Crippen molar-refractivity contribution in [2.45, 2.75) is 51.0 Å². The second kappa shape index (κ2) is 4.69. The molecule has 0 aromatic carbocycles. The van der Waals surface area contributed by atoms with E-state index in [1.165, 1.54) is 43.4 Å². The largest absolute Gasteiger partial charge is 0.366 e. The molecule has 4 nitrogen and oxygen atoms in total. The zero-order valence-corrected chi connectivity index (χ0v) is 10.6. The summed E-state index contributed by atoms with van der Waals surface area (Å²) in [5.41, 5.74) is 2.81. The molecule has 1 aromatic heterocycles. The number of nitrogens with zero attached hydrogens (tertiary/aromatic N) is 1. The maximum atomic E-state index is 4.49. The highest BCUT2D eigenvalue weighted by molar-refractivity contribution is 5.49. The van der Waals surface area contributed by atoms with E-state index in [1.807, 2.05) is 0 Å². The van der Waals surface area contributed by atoms with Crippen LogP contribution < -0.4 is 10.6 Å². The summed E-state index contributed by atoms with van der Waals surface area (Å²) in [5, 5.41) is 14.7. The summed E-state index contributed by atoms with van der Waals surface area (Å²) in [5.74, 6) is 1.77. The van der Waals surface area contributed by atoms with Crippen molar-refractivity contribution in [2.75, 3.05) is 18.4 Å². The van der Waals surface area contributed by atoms with Gasteiger partial charge in [-0.1, -0.05) is 6.92 Å². The van der Waals surface area contributed by atoms with Gasteiger partial charge in [0.1, 0.15) is 0 Å². The average Bonchev–Trinajstić information content (AvgIpc) is 2.76. The van der Waals surface area contributed by atoms with E-state index in [0.29, 0.717) is 12.0 Å². The molecule has 1 aliphatic heterocycles. The molecule has 1 aromatic rings. The quantitative estimate of drug-likeness (QED) is 0.733. The molecule has 3 N–H and O–H groups in total. The molecule has 3 rings (SSSR count). The van der Waals surface area contributed by atoms with E-state index >= 15 is 0 Å². The van der Waals surface area contributed by atoms with Gasteiger partial charge in [0, 0.05) is 17.3 Å². The normalized spacial score (nSPS) is 25.6. The molecule has 0 radical (unpaired) electrons. The molecule has 17 heavy (non-hydrogen) atoms. The maximum absolute atomic E-state index is 4.49. The second-order valence-corrected chi connectivity index (χ2v) is 5.43. The SMILES string of the molecule is CC1CCCc2c(NC3CCNCC3)n[nH]c21. The van der Waals surface area contributed by atoms with Crippen molar-refractivity contribution in [3.8, 4) is 0 Å². The van der Waals surface area contributed by atoms with E-state index in [2.05, 4.69) is 27.8 Å². The van der Waals surface area contributed by atoms with E-state index in [0.717, 1.165) is 18.9 Å². The average molecular weight is 234 g/mol. The third-order valence-corrected chi connectivity index (χ3v) is 4.14. The van der Waals surface area contributed by atoms with Crippen LogP contribution in [0.5, 0.6) is 0 Å². The Balaban J connectivity index is 1.74. The summed E-state index contributed by atoms with van der Waals surface area (Å²) in [7, 11) is 0. The van der Waals surface area contributed by atoms with Gasteiger partial charge in [0.25, 0.3) is 0 Å². The van der Waals surface area contributed by atoms with E-state index in [-0.39, 0.29) is 0 Å². The standard InChI is InChI=1S/C13H22N4/c1-9-3-2-4-11-12(9)16-17-13(11)15-10-5-7-14-8-6-10/h9-10,14H,2-8H2,1H3,(H2,15,16,17). The van der Waals surface area contributed by atoms with Crippen LogP contribution in [-0.4, -0.2) is 29.3 Å². The molecule has 1 atom stereocenters. The Bertz CT molecular complexity index is 379. The lowest BCUT2D eigenvalue weighted by atomic mass is 9.89. The maximum Gasteiger partial charge on any atom is 0.151 e. The smallest absolute Gasteiger partial charge is 0.151 e. The molecule has 0 spiro atoms. The molecular weight excluding hydrogens is 212 g/mol. The van der Waals surface area contributed by atoms with Crippen molar-refractivity contribution in [2.24, 2.45) is 0 Å². The summed E-state index contributed by atoms with van der Waals surface area (Å²) >= 11 is 0. The van der Waals surface area contributed by atoms with Crippen molar-refractivity contribution in [3.63, 3.8) is 0 Å². The fourth-order valence-electron chi connectivity index (χ4n) is 3.05. The van der Waals surface area contributed by atoms with Crippen LogP contribution in [0.4, 0.5) is 5.82 Å². The van der Waals surface area contributed by atoms with E-state index in [1.54, 1.807) is 0 Å². The third-order valence-electron chi connectivity index (χ3n) is 4.14. The number of rotatable bonds is 2. The molecule has 1 saturated heterocycles. The minimum Gasteiger partial charge on any atom is -0.366 e. The highest BCUT2D eigenvalue weighted by Gasteiger charge is 2.23. The summed E-state index contributed by atoms with van der Waals surface area (Å²) in [6.45, 7) is 4.55. The Labute approximate surface area is 103 Å². The summed E-state index contributed by atoms with van der Waals surface area (Å²) in [4.78, 5) is 0. The minimum atomic E-state index is 0.598. The zero-order chi connectivity index (χ0) is 11.7. The number of anilines is 1. The highest BCUT2D eigenvalue weighted by atomic mass is 15.2. The van der Waals surface area contributed by atoms with Gasteiger partial charge in [-0.25, -0.2) is 0 Å². The van der Waals surface area contributed by atoms with Gasteiger partial charge in [0.15, 0.2) is 5.82 Å². The first-order chi connectivity index (χ1) is 8.34. The summed E-state index contributed by atoms with van der Waals surface area (Å²) in [6.07, 6.45) is 6.19. The van der Waals surface area contributed by atoms with E-state index in [9.17, 15) is 0 Å². The number of hydrogen-bond acceptors (Lipinski definition) is 3. The Hall–Kier alpha value is -1.03. The fourth-order valence-corrected chi connectivity index (χ4v) is 3.05. The Morgan fingerprint density at radius 1 is 1.24 bits per heavy atom. The van der Waals surface area contributed by atoms with Crippen LogP contribution in [0.25, 0.3) is 0 Å². The van der Waals surface area contributed by atoms with Gasteiger partial charge < -0.3 is 10.6 Å². The van der Waals surface area contributed by atoms with Gasteiger partial charge in [0.05, 0.1) is 0 Å². The van der Waals surface area contributed by atoms with Gasteiger partial charge in [-0.05, 0) is 51.1 Å². The van der Waals surface area contributed by atoms with Crippen LogP contribution in [-0.2, 0) is 6.42 Å². The molecule has 1 fully saturated rings. The van der Waals surface area contributed by atoms with E-state index in [4.69, 9.17) is 0 Å². The number of nitrogens with one attached hydrogen (secondary N) is 3. The lowest BCUT2D eigenvalue weighted by molar-refractivity contribution is 0.477. The number of aromatic amines is 1. The Morgan fingerprint density at radius 3 is 2.88 bits per heavy atom. The number of piperidine rings is 1. The lowest BCUT2D eigenvalue weighted by Gasteiger charge is -2.25. The first-order valence-corrected chi connectivity index (χ1v) is 6.89. The third kappa shape index (κ3) is 2.18. The van der Waals surface area contributed by atoms with Crippen molar-refractivity contribution in [1.29, 1.82) is 0 Å². The lowest BCUT2D eigenvalue weighted by Crippen LogP contribution is -2.35. The van der Waals surface area contributed by atoms with Gasteiger partial charge >= 0.3 is 0 Å². The molecule has 2 heterocycles. The van der Waals surface area contributed by atoms with Crippen LogP contribution in [0.1, 0.15) is 49.8 Å². The molecule has 94 valence electrons. The molecule has 4 heteroatoms. The predicted octanol–water partition coefficient (Wildman–Crippen LogP) is 2.01. The van der Waals surface area contributed by atoms with Gasteiger partial charge in [-0.2, -0.15) is 5.10 Å². The summed E-state index contributed by atoms with van der Waals surface area (Å²) < 4.78 is 0. The number of fused-ring (bicyclic) bond motifs is 1. The minimum absolute atomic E-state index is 0.598. The molecule has 0 bridgehead atoms. The van der Waals surface area contributed by atoms with Crippen molar-refractivity contribution < 1.29 is 0 Å². The number of H-pyrrole nitrogens is 1. The molecule has 1 aliphatic carbocycles. The molecule has 0 amide bonds. The molecular formula is C13H22N4. The first-order valence-electron chi connectivity index (χ1n) is 6.89. The van der Waals surface area contributed by atoms with Crippen LogP contribution in [0.15, 0.2) is 0 Å². The number of aromatic nitrogens is 2.